The monoisotopic (exact) mass is 373 g/mol. The fourth-order valence-corrected chi connectivity index (χ4v) is 3.95. The predicted molar refractivity (Wildman–Crippen MR) is 103 cm³/mol. The molecule has 2 N–H and O–H groups in total. The molecular formula is C20H23NO4S. The van der Waals surface area contributed by atoms with Gasteiger partial charge in [-0.15, -0.1) is 11.8 Å². The van der Waals surface area contributed by atoms with E-state index in [1.165, 1.54) is 5.56 Å². The highest BCUT2D eigenvalue weighted by Gasteiger charge is 2.30. The smallest absolute Gasteiger partial charge is 0.321 e. The molecule has 2 aromatic carbocycles. The zero-order valence-corrected chi connectivity index (χ0v) is 15.7. The van der Waals surface area contributed by atoms with Gasteiger partial charge in [-0.2, -0.15) is 0 Å². The first-order valence-corrected chi connectivity index (χ1v) is 9.67. The van der Waals surface area contributed by atoms with E-state index in [-0.39, 0.29) is 5.37 Å². The Kier molecular flexibility index (Phi) is 6.06. The molecule has 0 radical (unpaired) electrons. The molecule has 2 atom stereocenters. The molecule has 0 aromatic heterocycles. The molecule has 5 nitrogen and oxygen atoms in total. The second-order valence-corrected chi connectivity index (χ2v) is 7.32. The van der Waals surface area contributed by atoms with Crippen molar-refractivity contribution < 1.29 is 19.4 Å². The van der Waals surface area contributed by atoms with Crippen LogP contribution in [-0.4, -0.2) is 29.5 Å². The van der Waals surface area contributed by atoms with Crippen LogP contribution < -0.4 is 14.8 Å². The van der Waals surface area contributed by atoms with Gasteiger partial charge in [-0.05, 0) is 37.1 Å². The lowest BCUT2D eigenvalue weighted by atomic mass is 10.1. The van der Waals surface area contributed by atoms with Crippen molar-refractivity contribution in [3.8, 4) is 11.5 Å². The lowest BCUT2D eigenvalue weighted by Crippen LogP contribution is -2.33. The van der Waals surface area contributed by atoms with Crippen molar-refractivity contribution in [3.63, 3.8) is 0 Å². The molecule has 0 amide bonds. The van der Waals surface area contributed by atoms with Crippen LogP contribution in [0.2, 0.25) is 0 Å². The van der Waals surface area contributed by atoms with Gasteiger partial charge >= 0.3 is 5.97 Å². The van der Waals surface area contributed by atoms with E-state index < -0.39 is 12.0 Å². The largest absolute Gasteiger partial charge is 0.490 e. The summed E-state index contributed by atoms with van der Waals surface area (Å²) in [5.41, 5.74) is 3.30. The Balaban J connectivity index is 1.72. The number of ether oxygens (including phenoxy) is 2. The van der Waals surface area contributed by atoms with E-state index in [0.29, 0.717) is 30.5 Å². The molecule has 0 spiro atoms. The van der Waals surface area contributed by atoms with Gasteiger partial charge in [-0.1, -0.05) is 35.9 Å². The van der Waals surface area contributed by atoms with Crippen molar-refractivity contribution in [2.24, 2.45) is 0 Å². The molecule has 1 aliphatic rings. The summed E-state index contributed by atoms with van der Waals surface area (Å²) in [6.45, 7) is 4.99. The number of hydrogen-bond donors (Lipinski definition) is 2. The number of carboxylic acid groups (broad SMARTS) is 1. The Hall–Kier alpha value is -2.18. The number of thioether (sulfide) groups is 1. The first-order chi connectivity index (χ1) is 12.6. The normalized spacial score (nSPS) is 19.3. The summed E-state index contributed by atoms with van der Waals surface area (Å²) < 4.78 is 11.7. The molecule has 1 saturated heterocycles. The second-order valence-electron chi connectivity index (χ2n) is 6.18. The van der Waals surface area contributed by atoms with Gasteiger partial charge in [0.15, 0.2) is 11.5 Å². The minimum Gasteiger partial charge on any atom is -0.490 e. The molecule has 0 aliphatic carbocycles. The van der Waals surface area contributed by atoms with Crippen LogP contribution in [0.5, 0.6) is 11.5 Å². The predicted octanol–water partition coefficient (Wildman–Crippen LogP) is 3.76. The van der Waals surface area contributed by atoms with Crippen LogP contribution in [0.3, 0.4) is 0 Å². The SMILES string of the molecule is CCOc1cc(C2NC(C(=O)O)CS2)ccc1OCc1ccc(C)cc1. The number of hydrogen-bond acceptors (Lipinski definition) is 5. The maximum atomic E-state index is 11.1. The number of carbonyl (C=O) groups is 1. The van der Waals surface area contributed by atoms with Crippen molar-refractivity contribution in [2.75, 3.05) is 12.4 Å². The average Bonchev–Trinajstić information content (AvgIpc) is 3.13. The fraction of sp³-hybridized carbons (Fsp3) is 0.350. The van der Waals surface area contributed by atoms with E-state index in [9.17, 15) is 4.79 Å². The van der Waals surface area contributed by atoms with Gasteiger partial charge in [0.25, 0.3) is 0 Å². The Morgan fingerprint density at radius 1 is 1.19 bits per heavy atom. The fourth-order valence-electron chi connectivity index (χ4n) is 2.73. The Bertz CT molecular complexity index is 763. The Labute approximate surface area is 157 Å². The first-order valence-electron chi connectivity index (χ1n) is 8.62. The number of benzene rings is 2. The van der Waals surface area contributed by atoms with E-state index in [0.717, 1.165) is 11.1 Å². The van der Waals surface area contributed by atoms with Crippen molar-refractivity contribution in [1.29, 1.82) is 0 Å². The molecule has 0 saturated carbocycles. The van der Waals surface area contributed by atoms with Crippen LogP contribution in [-0.2, 0) is 11.4 Å². The number of carboxylic acids is 1. The van der Waals surface area contributed by atoms with Crippen LogP contribution in [0, 0.1) is 6.92 Å². The molecule has 26 heavy (non-hydrogen) atoms. The van der Waals surface area contributed by atoms with Gasteiger partial charge in [0, 0.05) is 5.75 Å². The minimum absolute atomic E-state index is 0.0542. The van der Waals surface area contributed by atoms with Gasteiger partial charge in [0.1, 0.15) is 12.6 Å². The summed E-state index contributed by atoms with van der Waals surface area (Å²) in [4.78, 5) is 11.1. The maximum Gasteiger partial charge on any atom is 0.321 e. The van der Waals surface area contributed by atoms with Crippen molar-refractivity contribution in [1.82, 2.24) is 5.32 Å². The van der Waals surface area contributed by atoms with Crippen molar-refractivity contribution >= 4 is 17.7 Å². The molecular weight excluding hydrogens is 350 g/mol. The summed E-state index contributed by atoms with van der Waals surface area (Å²) in [6, 6.07) is 13.5. The molecule has 1 heterocycles. The van der Waals surface area contributed by atoms with Crippen LogP contribution in [0.1, 0.15) is 29.0 Å². The van der Waals surface area contributed by atoms with Gasteiger partial charge < -0.3 is 14.6 Å². The summed E-state index contributed by atoms with van der Waals surface area (Å²) in [7, 11) is 0. The molecule has 2 unspecified atom stereocenters. The number of nitrogens with one attached hydrogen (secondary N) is 1. The highest BCUT2D eigenvalue weighted by Crippen LogP contribution is 2.37. The number of aryl methyl sites for hydroxylation is 1. The van der Waals surface area contributed by atoms with Crippen molar-refractivity contribution in [2.45, 2.75) is 31.9 Å². The molecule has 1 fully saturated rings. The van der Waals surface area contributed by atoms with Crippen LogP contribution in [0.25, 0.3) is 0 Å². The molecule has 0 bridgehead atoms. The van der Waals surface area contributed by atoms with Crippen LogP contribution in [0.15, 0.2) is 42.5 Å². The van der Waals surface area contributed by atoms with E-state index in [1.807, 2.05) is 25.1 Å². The van der Waals surface area contributed by atoms with Gasteiger partial charge in [0.05, 0.1) is 12.0 Å². The topological polar surface area (TPSA) is 67.8 Å². The zero-order chi connectivity index (χ0) is 18.5. The summed E-state index contributed by atoms with van der Waals surface area (Å²) in [6.07, 6.45) is 0. The van der Waals surface area contributed by atoms with E-state index in [1.54, 1.807) is 11.8 Å². The van der Waals surface area contributed by atoms with E-state index >= 15 is 0 Å². The lowest BCUT2D eigenvalue weighted by Gasteiger charge is -2.16. The minimum atomic E-state index is -0.817. The summed E-state index contributed by atoms with van der Waals surface area (Å²) in [5.74, 6) is 1.10. The standard InChI is InChI=1S/C20H23NO4S/c1-3-24-18-10-15(19-21-16(12-26-19)20(22)23)8-9-17(18)25-11-14-6-4-13(2)5-7-14/h4-10,16,19,21H,3,11-12H2,1-2H3,(H,22,23). The molecule has 138 valence electrons. The first kappa shape index (κ1) is 18.6. The van der Waals surface area contributed by atoms with Crippen molar-refractivity contribution in [3.05, 3.63) is 59.2 Å². The van der Waals surface area contributed by atoms with Crippen LogP contribution in [0.4, 0.5) is 0 Å². The third kappa shape index (κ3) is 4.51. The quantitative estimate of drug-likeness (QED) is 0.770. The third-order valence-electron chi connectivity index (χ3n) is 4.17. The molecule has 1 aliphatic heterocycles. The van der Waals surface area contributed by atoms with Gasteiger partial charge in [0.2, 0.25) is 0 Å². The summed E-state index contributed by atoms with van der Waals surface area (Å²) >= 11 is 1.59. The Morgan fingerprint density at radius 3 is 2.62 bits per heavy atom. The summed E-state index contributed by atoms with van der Waals surface area (Å²) in [5, 5.41) is 12.2. The molecule has 3 rings (SSSR count). The highest BCUT2D eigenvalue weighted by atomic mass is 32.2. The molecule has 6 heteroatoms. The van der Waals surface area contributed by atoms with Crippen LogP contribution >= 0.6 is 11.8 Å². The van der Waals surface area contributed by atoms with E-state index in [2.05, 4.69) is 36.5 Å². The third-order valence-corrected chi connectivity index (χ3v) is 5.43. The number of rotatable bonds is 7. The highest BCUT2D eigenvalue weighted by molar-refractivity contribution is 7.99. The van der Waals surface area contributed by atoms with Gasteiger partial charge in [-0.3, -0.25) is 10.1 Å². The number of aliphatic carboxylic acids is 1. The lowest BCUT2D eigenvalue weighted by molar-refractivity contribution is -0.138. The Morgan fingerprint density at radius 2 is 1.96 bits per heavy atom. The van der Waals surface area contributed by atoms with E-state index in [4.69, 9.17) is 14.6 Å². The maximum absolute atomic E-state index is 11.1. The zero-order valence-electron chi connectivity index (χ0n) is 14.9. The van der Waals surface area contributed by atoms with Gasteiger partial charge in [-0.25, -0.2) is 0 Å². The second kappa shape index (κ2) is 8.47. The molecule has 2 aromatic rings. The average molecular weight is 373 g/mol.